The summed E-state index contributed by atoms with van der Waals surface area (Å²) in [5.74, 6) is 0.337. The number of hydrogen-bond donors (Lipinski definition) is 2. The summed E-state index contributed by atoms with van der Waals surface area (Å²) in [6.07, 6.45) is 3.72. The van der Waals surface area contributed by atoms with E-state index in [0.29, 0.717) is 5.13 Å². The lowest BCUT2D eigenvalue weighted by molar-refractivity contribution is -0.383. The number of rotatable bonds is 6. The topological polar surface area (TPSA) is 106 Å². The maximum Gasteiger partial charge on any atom is 0.353 e. The van der Waals surface area contributed by atoms with Gasteiger partial charge in [-0.25, -0.2) is 15.0 Å². The van der Waals surface area contributed by atoms with Crippen molar-refractivity contribution in [2.45, 2.75) is 26.3 Å². The zero-order valence-corrected chi connectivity index (χ0v) is 11.8. The zero-order chi connectivity index (χ0) is 14.5. The molecule has 0 aromatic carbocycles. The van der Waals surface area contributed by atoms with Gasteiger partial charge in [-0.3, -0.25) is 10.1 Å². The predicted octanol–water partition coefficient (Wildman–Crippen LogP) is 2.80. The molecule has 0 fully saturated rings. The fraction of sp³-hybridized carbons (Fsp3) is 0.364. The smallest absolute Gasteiger partial charge is 0.353 e. The van der Waals surface area contributed by atoms with Crippen LogP contribution in [0.15, 0.2) is 17.9 Å². The molecule has 9 heteroatoms. The third-order valence-electron chi connectivity index (χ3n) is 2.66. The Morgan fingerprint density at radius 2 is 2.15 bits per heavy atom. The Labute approximate surface area is 119 Å². The van der Waals surface area contributed by atoms with Crippen molar-refractivity contribution in [3.63, 3.8) is 0 Å². The van der Waals surface area contributed by atoms with Crippen molar-refractivity contribution in [3.05, 3.63) is 28.0 Å². The summed E-state index contributed by atoms with van der Waals surface area (Å²) in [4.78, 5) is 22.7. The van der Waals surface area contributed by atoms with E-state index in [2.05, 4.69) is 25.6 Å². The minimum Gasteiger partial charge on any atom is -0.362 e. The molecule has 0 amide bonds. The number of nitro groups is 1. The minimum atomic E-state index is -0.499. The number of nitrogens with one attached hydrogen (secondary N) is 2. The molecule has 0 saturated heterocycles. The zero-order valence-electron chi connectivity index (χ0n) is 11.0. The van der Waals surface area contributed by atoms with Crippen molar-refractivity contribution in [1.82, 2.24) is 15.0 Å². The lowest BCUT2D eigenvalue weighted by Gasteiger charge is -2.13. The van der Waals surface area contributed by atoms with Gasteiger partial charge in [-0.15, -0.1) is 11.3 Å². The summed E-state index contributed by atoms with van der Waals surface area (Å²) in [5, 5.41) is 19.4. The Morgan fingerprint density at radius 1 is 1.40 bits per heavy atom. The van der Waals surface area contributed by atoms with E-state index < -0.39 is 4.92 Å². The van der Waals surface area contributed by atoms with Crippen LogP contribution in [0.1, 0.15) is 20.3 Å². The van der Waals surface area contributed by atoms with Crippen molar-refractivity contribution in [1.29, 1.82) is 0 Å². The summed E-state index contributed by atoms with van der Waals surface area (Å²) >= 11 is 1.34. The number of hydrogen-bond acceptors (Lipinski definition) is 8. The second-order valence-electron chi connectivity index (χ2n) is 4.09. The highest BCUT2D eigenvalue weighted by atomic mass is 32.1. The van der Waals surface area contributed by atoms with Crippen molar-refractivity contribution >= 4 is 33.8 Å². The van der Waals surface area contributed by atoms with Crippen molar-refractivity contribution in [3.8, 4) is 0 Å². The first kappa shape index (κ1) is 14.1. The van der Waals surface area contributed by atoms with Gasteiger partial charge >= 0.3 is 5.69 Å². The highest BCUT2D eigenvalue weighted by Crippen LogP contribution is 2.31. The molecule has 20 heavy (non-hydrogen) atoms. The van der Waals surface area contributed by atoms with E-state index >= 15 is 0 Å². The maximum atomic E-state index is 11.3. The number of thiazole rings is 1. The third-order valence-corrected chi connectivity index (χ3v) is 3.35. The largest absolute Gasteiger partial charge is 0.362 e. The second-order valence-corrected chi connectivity index (χ2v) is 4.99. The van der Waals surface area contributed by atoms with Crippen LogP contribution in [0.2, 0.25) is 0 Å². The molecule has 2 heterocycles. The first-order valence-corrected chi connectivity index (χ1v) is 6.92. The van der Waals surface area contributed by atoms with E-state index in [0.717, 1.165) is 6.42 Å². The van der Waals surface area contributed by atoms with Gasteiger partial charge in [0.25, 0.3) is 0 Å². The molecule has 0 saturated carbocycles. The van der Waals surface area contributed by atoms with E-state index in [9.17, 15) is 10.1 Å². The molecule has 0 aliphatic carbocycles. The molecule has 106 valence electrons. The van der Waals surface area contributed by atoms with Gasteiger partial charge in [-0.05, 0) is 13.3 Å². The van der Waals surface area contributed by atoms with Gasteiger partial charge < -0.3 is 10.6 Å². The standard InChI is InChI=1S/C11H14N6O2S/c1-3-7(2)15-9-8(17(18)19)10(14-6-13-9)16-11-12-4-5-20-11/h4-7H,3H2,1-2H3,(H2,12,13,14,15,16). The summed E-state index contributed by atoms with van der Waals surface area (Å²) < 4.78 is 0. The van der Waals surface area contributed by atoms with Crippen LogP contribution in [0.3, 0.4) is 0 Å². The van der Waals surface area contributed by atoms with Crippen molar-refractivity contribution < 1.29 is 4.92 Å². The Hall–Kier alpha value is -2.29. The summed E-state index contributed by atoms with van der Waals surface area (Å²) in [5.41, 5.74) is -0.178. The fourth-order valence-corrected chi connectivity index (χ4v) is 2.00. The Balaban J connectivity index is 2.36. The van der Waals surface area contributed by atoms with E-state index in [1.54, 1.807) is 11.6 Å². The van der Waals surface area contributed by atoms with E-state index in [4.69, 9.17) is 0 Å². The van der Waals surface area contributed by atoms with Crippen LogP contribution in [0.25, 0.3) is 0 Å². The van der Waals surface area contributed by atoms with Crippen molar-refractivity contribution in [2.75, 3.05) is 10.6 Å². The average Bonchev–Trinajstić information content (AvgIpc) is 2.91. The molecule has 2 N–H and O–H groups in total. The normalized spacial score (nSPS) is 11.9. The van der Waals surface area contributed by atoms with Crippen LogP contribution in [0, 0.1) is 10.1 Å². The van der Waals surface area contributed by atoms with E-state index in [1.165, 1.54) is 17.7 Å². The van der Waals surface area contributed by atoms with Gasteiger partial charge in [0.1, 0.15) is 6.33 Å². The molecule has 2 aromatic rings. The van der Waals surface area contributed by atoms with Gasteiger partial charge in [0.2, 0.25) is 11.6 Å². The number of anilines is 3. The Morgan fingerprint density at radius 3 is 2.75 bits per heavy atom. The average molecular weight is 294 g/mol. The van der Waals surface area contributed by atoms with Gasteiger partial charge in [0.05, 0.1) is 4.92 Å². The van der Waals surface area contributed by atoms with Crippen LogP contribution in [-0.4, -0.2) is 25.9 Å². The van der Waals surface area contributed by atoms with Crippen LogP contribution < -0.4 is 10.6 Å². The lowest BCUT2D eigenvalue weighted by Crippen LogP contribution is -2.16. The van der Waals surface area contributed by atoms with Crippen LogP contribution in [-0.2, 0) is 0 Å². The molecule has 2 aromatic heterocycles. The van der Waals surface area contributed by atoms with Gasteiger partial charge in [0, 0.05) is 17.6 Å². The number of nitrogens with zero attached hydrogens (tertiary/aromatic N) is 4. The first-order valence-electron chi connectivity index (χ1n) is 6.04. The molecule has 0 aliphatic rings. The minimum absolute atomic E-state index is 0.0799. The lowest BCUT2D eigenvalue weighted by atomic mass is 10.2. The molecule has 2 rings (SSSR count). The van der Waals surface area contributed by atoms with E-state index in [1.807, 2.05) is 13.8 Å². The molecule has 0 bridgehead atoms. The summed E-state index contributed by atoms with van der Waals surface area (Å²) in [6, 6.07) is 0.0799. The monoisotopic (exact) mass is 294 g/mol. The second kappa shape index (κ2) is 6.24. The summed E-state index contributed by atoms with van der Waals surface area (Å²) in [7, 11) is 0. The predicted molar refractivity (Wildman–Crippen MR) is 77.5 cm³/mol. The number of aromatic nitrogens is 3. The molecule has 8 nitrogen and oxygen atoms in total. The maximum absolute atomic E-state index is 11.3. The Bertz CT molecular complexity index is 589. The quantitative estimate of drug-likeness (QED) is 0.623. The fourth-order valence-electron chi connectivity index (χ4n) is 1.47. The molecule has 0 radical (unpaired) electrons. The highest BCUT2D eigenvalue weighted by Gasteiger charge is 2.24. The summed E-state index contributed by atoms with van der Waals surface area (Å²) in [6.45, 7) is 3.92. The molecular weight excluding hydrogens is 280 g/mol. The van der Waals surface area contributed by atoms with Gasteiger partial charge in [-0.1, -0.05) is 6.92 Å². The highest BCUT2D eigenvalue weighted by molar-refractivity contribution is 7.13. The van der Waals surface area contributed by atoms with Crippen LogP contribution in [0.4, 0.5) is 22.5 Å². The molecular formula is C11H14N6O2S. The van der Waals surface area contributed by atoms with Gasteiger partial charge in [-0.2, -0.15) is 0 Å². The van der Waals surface area contributed by atoms with Crippen molar-refractivity contribution in [2.24, 2.45) is 0 Å². The molecule has 0 spiro atoms. The van der Waals surface area contributed by atoms with Gasteiger partial charge in [0.15, 0.2) is 5.13 Å². The van der Waals surface area contributed by atoms with Crippen LogP contribution in [0.5, 0.6) is 0 Å². The first-order chi connectivity index (χ1) is 9.61. The molecule has 0 aliphatic heterocycles. The molecule has 1 atom stereocenters. The molecule has 1 unspecified atom stereocenters. The third kappa shape index (κ3) is 3.18. The Kier molecular flexibility index (Phi) is 4.41. The van der Waals surface area contributed by atoms with Crippen LogP contribution >= 0.6 is 11.3 Å². The van der Waals surface area contributed by atoms with E-state index in [-0.39, 0.29) is 23.4 Å². The SMILES string of the molecule is CCC(C)Nc1ncnc(Nc2nccs2)c1[N+](=O)[O-].